The number of aryl methyl sites for hydroxylation is 1. The van der Waals surface area contributed by atoms with Gasteiger partial charge in [0.05, 0.1) is 18.8 Å². The average Bonchev–Trinajstić information content (AvgIpc) is 2.70. The van der Waals surface area contributed by atoms with Gasteiger partial charge in [-0.15, -0.1) is 0 Å². The van der Waals surface area contributed by atoms with Gasteiger partial charge in [0.15, 0.2) is 5.96 Å². The molecule has 0 aromatic heterocycles. The molecule has 6 heteroatoms. The fraction of sp³-hybridized carbons (Fsp3) is 0.435. The van der Waals surface area contributed by atoms with Crippen LogP contribution in [0.3, 0.4) is 0 Å². The van der Waals surface area contributed by atoms with E-state index in [0.717, 1.165) is 37.2 Å². The van der Waals surface area contributed by atoms with Crippen LogP contribution in [0.15, 0.2) is 53.5 Å². The van der Waals surface area contributed by atoms with Crippen molar-refractivity contribution in [3.63, 3.8) is 0 Å². The number of hydrogen-bond donors (Lipinski definition) is 4. The molecule has 0 aliphatic carbocycles. The van der Waals surface area contributed by atoms with Crippen molar-refractivity contribution < 1.29 is 14.9 Å². The zero-order valence-electron chi connectivity index (χ0n) is 17.6. The normalized spacial score (nSPS) is 12.7. The lowest BCUT2D eigenvalue weighted by Gasteiger charge is -2.14. The molecule has 0 aliphatic rings. The van der Waals surface area contributed by atoms with Crippen LogP contribution >= 0.6 is 0 Å². The zero-order valence-corrected chi connectivity index (χ0v) is 17.6. The lowest BCUT2D eigenvalue weighted by atomic mass is 10.1. The molecule has 0 radical (unpaired) electrons. The van der Waals surface area contributed by atoms with Crippen molar-refractivity contribution in [3.8, 4) is 11.5 Å². The van der Waals surface area contributed by atoms with Crippen LogP contribution in [-0.4, -0.2) is 41.9 Å². The molecule has 0 heterocycles. The Morgan fingerprint density at radius 2 is 1.72 bits per heavy atom. The van der Waals surface area contributed by atoms with Crippen molar-refractivity contribution in [1.29, 1.82) is 0 Å². The fourth-order valence-corrected chi connectivity index (χ4v) is 2.83. The molecule has 158 valence electrons. The molecule has 0 aliphatic heterocycles. The van der Waals surface area contributed by atoms with Crippen molar-refractivity contribution in [1.82, 2.24) is 10.6 Å². The van der Waals surface area contributed by atoms with E-state index >= 15 is 0 Å². The van der Waals surface area contributed by atoms with Crippen LogP contribution in [0.4, 0.5) is 0 Å². The highest BCUT2D eigenvalue weighted by molar-refractivity contribution is 5.79. The Labute approximate surface area is 173 Å². The van der Waals surface area contributed by atoms with E-state index in [9.17, 15) is 10.2 Å². The number of benzene rings is 2. The molecule has 2 aromatic carbocycles. The van der Waals surface area contributed by atoms with Gasteiger partial charge in [-0.1, -0.05) is 24.3 Å². The van der Waals surface area contributed by atoms with Crippen molar-refractivity contribution in [2.24, 2.45) is 4.99 Å². The second kappa shape index (κ2) is 12.0. The first-order valence-corrected chi connectivity index (χ1v) is 10.2. The number of aliphatic hydroxyl groups is 1. The highest BCUT2D eigenvalue weighted by Crippen LogP contribution is 2.19. The molecule has 2 aromatic rings. The van der Waals surface area contributed by atoms with E-state index in [1.54, 1.807) is 12.1 Å². The molecule has 0 spiro atoms. The van der Waals surface area contributed by atoms with E-state index in [1.807, 2.05) is 57.2 Å². The number of aromatic hydroxyl groups is 1. The largest absolute Gasteiger partial charge is 0.508 e. The number of hydrogen-bond acceptors (Lipinski definition) is 4. The maximum Gasteiger partial charge on any atom is 0.191 e. The highest BCUT2D eigenvalue weighted by Gasteiger charge is 2.08. The van der Waals surface area contributed by atoms with Crippen molar-refractivity contribution in [3.05, 3.63) is 59.7 Å². The Balaban J connectivity index is 1.81. The molecular formula is C23H33N3O3. The van der Waals surface area contributed by atoms with Crippen LogP contribution in [0.1, 0.15) is 44.4 Å². The summed E-state index contributed by atoms with van der Waals surface area (Å²) in [4.78, 5) is 4.50. The maximum atomic E-state index is 10.4. The Morgan fingerprint density at radius 1 is 1.03 bits per heavy atom. The number of nitrogens with zero attached hydrogens (tertiary/aromatic N) is 1. The van der Waals surface area contributed by atoms with Crippen molar-refractivity contribution in [2.75, 3.05) is 19.6 Å². The lowest BCUT2D eigenvalue weighted by molar-refractivity contribution is 0.186. The smallest absolute Gasteiger partial charge is 0.191 e. The number of guanidine groups is 1. The molecule has 6 nitrogen and oxygen atoms in total. The Bertz CT molecular complexity index is 743. The summed E-state index contributed by atoms with van der Waals surface area (Å²) in [7, 11) is 0. The second-order valence-corrected chi connectivity index (χ2v) is 7.17. The molecule has 4 N–H and O–H groups in total. The van der Waals surface area contributed by atoms with Crippen LogP contribution in [0.2, 0.25) is 0 Å². The van der Waals surface area contributed by atoms with Crippen LogP contribution < -0.4 is 15.4 Å². The summed E-state index contributed by atoms with van der Waals surface area (Å²) in [6.45, 7) is 7.77. The number of nitrogens with one attached hydrogen (secondary N) is 2. The van der Waals surface area contributed by atoms with Crippen LogP contribution in [-0.2, 0) is 6.42 Å². The van der Waals surface area contributed by atoms with Gasteiger partial charge in [-0.2, -0.15) is 0 Å². The number of phenolic OH excluding ortho intramolecular Hbond substituents is 1. The van der Waals surface area contributed by atoms with Gasteiger partial charge >= 0.3 is 0 Å². The average molecular weight is 400 g/mol. The molecule has 0 amide bonds. The zero-order chi connectivity index (χ0) is 21.1. The van der Waals surface area contributed by atoms with E-state index < -0.39 is 6.10 Å². The summed E-state index contributed by atoms with van der Waals surface area (Å²) < 4.78 is 5.63. The summed E-state index contributed by atoms with van der Waals surface area (Å²) in [5.41, 5.74) is 2.00. The first kappa shape index (κ1) is 22.6. The molecule has 1 atom stereocenters. The summed E-state index contributed by atoms with van der Waals surface area (Å²) in [5, 5.41) is 26.3. The predicted octanol–water partition coefficient (Wildman–Crippen LogP) is 3.40. The fourth-order valence-electron chi connectivity index (χ4n) is 2.83. The molecular weight excluding hydrogens is 366 g/mol. The topological polar surface area (TPSA) is 86.1 Å². The molecule has 0 bridgehead atoms. The van der Waals surface area contributed by atoms with Gasteiger partial charge in [-0.3, -0.25) is 4.99 Å². The Hall–Kier alpha value is -2.73. The number of aliphatic imine (C=N–C) groups is 1. The predicted molar refractivity (Wildman–Crippen MR) is 118 cm³/mol. The number of aliphatic hydroxyl groups excluding tert-OH is 1. The third-order valence-corrected chi connectivity index (χ3v) is 4.27. The molecule has 0 saturated heterocycles. The number of ether oxygens (including phenoxy) is 1. The maximum absolute atomic E-state index is 10.4. The standard InChI is InChI=1S/C23H33N3O3/c1-4-24-23(25-15-5-6-18-7-11-20(27)12-8-18)26-16-22(28)19-9-13-21(14-10-19)29-17(2)3/h7-14,17,22,27-28H,4-6,15-16H2,1-3H3,(H2,24,25,26). The van der Waals surface area contributed by atoms with Gasteiger partial charge in [-0.25, -0.2) is 0 Å². The van der Waals surface area contributed by atoms with E-state index in [0.29, 0.717) is 5.96 Å². The van der Waals surface area contributed by atoms with E-state index in [2.05, 4.69) is 15.6 Å². The van der Waals surface area contributed by atoms with Crippen LogP contribution in [0.5, 0.6) is 11.5 Å². The van der Waals surface area contributed by atoms with Crippen molar-refractivity contribution in [2.45, 2.75) is 45.8 Å². The van der Waals surface area contributed by atoms with Crippen molar-refractivity contribution >= 4 is 5.96 Å². The molecule has 0 fully saturated rings. The molecule has 1 unspecified atom stereocenters. The second-order valence-electron chi connectivity index (χ2n) is 7.17. The molecule has 2 rings (SSSR count). The quantitative estimate of drug-likeness (QED) is 0.279. The van der Waals surface area contributed by atoms with Crippen LogP contribution in [0.25, 0.3) is 0 Å². The minimum atomic E-state index is -0.671. The van der Waals surface area contributed by atoms with Crippen LogP contribution in [0, 0.1) is 0 Å². The van der Waals surface area contributed by atoms with Gasteiger partial charge in [0.2, 0.25) is 0 Å². The van der Waals surface area contributed by atoms with Gasteiger partial charge in [-0.05, 0) is 69.0 Å². The first-order chi connectivity index (χ1) is 14.0. The Morgan fingerprint density at radius 3 is 2.34 bits per heavy atom. The Kier molecular flexibility index (Phi) is 9.31. The van der Waals surface area contributed by atoms with Gasteiger partial charge in [0.1, 0.15) is 11.5 Å². The van der Waals surface area contributed by atoms with Gasteiger partial charge in [0.25, 0.3) is 0 Å². The first-order valence-electron chi connectivity index (χ1n) is 10.2. The SMILES string of the molecule is CCNC(=NCC(O)c1ccc(OC(C)C)cc1)NCCCc1ccc(O)cc1. The summed E-state index contributed by atoms with van der Waals surface area (Å²) in [6.07, 6.45) is 1.31. The minimum Gasteiger partial charge on any atom is -0.508 e. The van der Waals surface area contributed by atoms with E-state index in [-0.39, 0.29) is 18.4 Å². The van der Waals surface area contributed by atoms with E-state index in [4.69, 9.17) is 4.74 Å². The highest BCUT2D eigenvalue weighted by atomic mass is 16.5. The summed E-state index contributed by atoms with van der Waals surface area (Å²) >= 11 is 0. The number of rotatable bonds is 10. The third-order valence-electron chi connectivity index (χ3n) is 4.27. The number of phenols is 1. The van der Waals surface area contributed by atoms with E-state index in [1.165, 1.54) is 5.56 Å². The summed E-state index contributed by atoms with van der Waals surface area (Å²) in [6, 6.07) is 14.8. The third kappa shape index (κ3) is 8.44. The lowest BCUT2D eigenvalue weighted by Crippen LogP contribution is -2.38. The minimum absolute atomic E-state index is 0.123. The molecule has 29 heavy (non-hydrogen) atoms. The molecule has 0 saturated carbocycles. The monoisotopic (exact) mass is 399 g/mol. The van der Waals surface area contributed by atoms with Gasteiger partial charge in [0, 0.05) is 13.1 Å². The summed E-state index contributed by atoms with van der Waals surface area (Å²) in [5.74, 6) is 1.77. The van der Waals surface area contributed by atoms with Gasteiger partial charge < -0.3 is 25.6 Å².